The number of piperidine rings is 1. The molecule has 2 aliphatic heterocycles. The van der Waals surface area contributed by atoms with Crippen LogP contribution in [0.4, 0.5) is 10.2 Å². The van der Waals surface area contributed by atoms with Crippen LogP contribution in [0.2, 0.25) is 5.02 Å². The summed E-state index contributed by atoms with van der Waals surface area (Å²) in [4.78, 5) is 9.53. The number of likely N-dealkylation sites (N-methyl/N-ethyl adjacent to an activating group) is 1. The van der Waals surface area contributed by atoms with E-state index in [0.717, 1.165) is 83.3 Å². The van der Waals surface area contributed by atoms with Gasteiger partial charge in [-0.25, -0.2) is 9.37 Å². The van der Waals surface area contributed by atoms with Crippen LogP contribution >= 0.6 is 11.6 Å². The number of hydrogen-bond donors (Lipinski definition) is 2. The second-order valence-corrected chi connectivity index (χ2v) is 12.4. The van der Waals surface area contributed by atoms with Gasteiger partial charge in [-0.15, -0.1) is 0 Å². The predicted octanol–water partition coefficient (Wildman–Crippen LogP) is 5.60. The van der Waals surface area contributed by atoms with E-state index in [1.807, 2.05) is 32.2 Å². The van der Waals surface area contributed by atoms with Crippen molar-refractivity contribution in [3.05, 3.63) is 46.5 Å². The first-order valence-electron chi connectivity index (χ1n) is 13.9. The summed E-state index contributed by atoms with van der Waals surface area (Å²) in [7, 11) is 4.20. The molecule has 5 heterocycles. The zero-order valence-corrected chi connectivity index (χ0v) is 24.3. The number of hydrogen-bond acceptors (Lipinski definition) is 6. The highest BCUT2D eigenvalue weighted by atomic mass is 35.5. The number of benzene rings is 2. The molecule has 0 bridgehead atoms. The number of H-pyrrole nitrogens is 1. The highest BCUT2D eigenvalue weighted by molar-refractivity contribution is 6.35. The van der Waals surface area contributed by atoms with E-state index in [9.17, 15) is 0 Å². The van der Waals surface area contributed by atoms with E-state index in [4.69, 9.17) is 21.7 Å². The molecule has 0 spiro atoms. The molecule has 208 valence electrons. The van der Waals surface area contributed by atoms with Crippen molar-refractivity contribution >= 4 is 50.1 Å². The lowest BCUT2D eigenvalue weighted by atomic mass is 9.90. The SMILES string of the molecule is Cc1cc2[nH]ncc2c(-c2c(Cl)cc3c(nc(N4CC(C)(N(C)C)C4)c4cnn(C5CCNCC5)c43)c2F)c1C. The van der Waals surface area contributed by atoms with Crippen LogP contribution in [0.15, 0.2) is 24.5 Å². The first-order valence-corrected chi connectivity index (χ1v) is 14.3. The highest BCUT2D eigenvalue weighted by Gasteiger charge is 2.42. The Bertz CT molecular complexity index is 1790. The van der Waals surface area contributed by atoms with Gasteiger partial charge in [0.2, 0.25) is 0 Å². The average Bonchev–Trinajstić information content (AvgIpc) is 3.57. The third-order valence-electron chi connectivity index (χ3n) is 9.31. The Morgan fingerprint density at radius 2 is 1.80 bits per heavy atom. The summed E-state index contributed by atoms with van der Waals surface area (Å²) in [6.45, 7) is 9.75. The molecule has 3 aromatic heterocycles. The van der Waals surface area contributed by atoms with Gasteiger partial charge in [0.1, 0.15) is 11.3 Å². The van der Waals surface area contributed by atoms with E-state index in [1.54, 1.807) is 6.20 Å². The van der Waals surface area contributed by atoms with Gasteiger partial charge in [0.05, 0.1) is 45.4 Å². The third-order valence-corrected chi connectivity index (χ3v) is 9.61. The topological polar surface area (TPSA) is 77.9 Å². The summed E-state index contributed by atoms with van der Waals surface area (Å²) < 4.78 is 19.1. The summed E-state index contributed by atoms with van der Waals surface area (Å²) >= 11 is 7.00. The van der Waals surface area contributed by atoms with E-state index in [0.29, 0.717) is 21.5 Å². The quantitative estimate of drug-likeness (QED) is 0.298. The lowest BCUT2D eigenvalue weighted by molar-refractivity contribution is 0.133. The van der Waals surface area contributed by atoms with Crippen molar-refractivity contribution in [3.63, 3.8) is 0 Å². The standard InChI is InChI=1S/C30H34ClFN8/c1-16-10-23-20(12-34-37-23)24(17(16)2)25-22(31)11-19-27(26(25)32)36-29(39-14-30(3,15-39)38(4)5)21-13-35-40(28(19)21)18-6-8-33-9-7-18/h10-13,18,33H,6-9,14-15H2,1-5H3,(H,34,37). The predicted molar refractivity (Wildman–Crippen MR) is 160 cm³/mol. The molecule has 0 saturated carbocycles. The van der Waals surface area contributed by atoms with Crippen LogP contribution in [0.25, 0.3) is 43.8 Å². The molecule has 8 nitrogen and oxygen atoms in total. The molecule has 40 heavy (non-hydrogen) atoms. The maximum absolute atomic E-state index is 17.0. The van der Waals surface area contributed by atoms with Gasteiger partial charge in [0, 0.05) is 35.0 Å². The molecular formula is C30H34ClFN8. The zero-order chi connectivity index (χ0) is 27.9. The largest absolute Gasteiger partial charge is 0.352 e. The van der Waals surface area contributed by atoms with Crippen molar-refractivity contribution in [2.75, 3.05) is 45.2 Å². The fraction of sp³-hybridized carbons (Fsp3) is 0.433. The number of rotatable bonds is 4. The normalized spacial score (nSPS) is 17.9. The van der Waals surface area contributed by atoms with E-state index >= 15 is 4.39 Å². The number of aromatic nitrogens is 5. The second kappa shape index (κ2) is 9.12. The number of aryl methyl sites for hydroxylation is 1. The van der Waals surface area contributed by atoms with Crippen LogP contribution in [0.1, 0.15) is 36.9 Å². The van der Waals surface area contributed by atoms with Crippen molar-refractivity contribution in [3.8, 4) is 11.1 Å². The average molecular weight is 561 g/mol. The molecular weight excluding hydrogens is 527 g/mol. The van der Waals surface area contributed by atoms with Crippen LogP contribution in [0.5, 0.6) is 0 Å². The summed E-state index contributed by atoms with van der Waals surface area (Å²) in [5.74, 6) is 0.374. The Balaban J connectivity index is 1.52. The number of halogens is 2. The minimum Gasteiger partial charge on any atom is -0.352 e. The smallest absolute Gasteiger partial charge is 0.158 e. The van der Waals surface area contributed by atoms with E-state index in [-0.39, 0.29) is 11.6 Å². The molecule has 5 aromatic rings. The molecule has 2 aromatic carbocycles. The number of nitrogens with one attached hydrogen (secondary N) is 2. The first kappa shape index (κ1) is 25.7. The lowest BCUT2D eigenvalue weighted by Gasteiger charge is -2.52. The molecule has 7 rings (SSSR count). The van der Waals surface area contributed by atoms with Crippen molar-refractivity contribution < 1.29 is 4.39 Å². The molecule has 0 atom stereocenters. The molecule has 2 N–H and O–H groups in total. The van der Waals surface area contributed by atoms with E-state index < -0.39 is 5.82 Å². The molecule has 2 fully saturated rings. The van der Waals surface area contributed by atoms with Crippen LogP contribution < -0.4 is 10.2 Å². The Labute approximate surface area is 237 Å². The van der Waals surface area contributed by atoms with Crippen molar-refractivity contribution in [2.24, 2.45) is 0 Å². The number of fused-ring (bicyclic) bond motifs is 4. The van der Waals surface area contributed by atoms with Gasteiger partial charge in [-0.3, -0.25) is 9.78 Å². The van der Waals surface area contributed by atoms with Crippen molar-refractivity contribution in [1.82, 2.24) is 35.2 Å². The minimum absolute atomic E-state index is 0.0310. The Hall–Kier alpha value is -3.27. The van der Waals surface area contributed by atoms with E-state index in [1.165, 1.54) is 0 Å². The zero-order valence-electron chi connectivity index (χ0n) is 23.6. The first-order chi connectivity index (χ1) is 19.2. The highest BCUT2D eigenvalue weighted by Crippen LogP contribution is 2.45. The lowest BCUT2D eigenvalue weighted by Crippen LogP contribution is -2.67. The van der Waals surface area contributed by atoms with Gasteiger partial charge in [-0.05, 0) is 84.1 Å². The van der Waals surface area contributed by atoms with E-state index in [2.05, 4.69) is 51.0 Å². The maximum atomic E-state index is 17.0. The van der Waals surface area contributed by atoms with Crippen molar-refractivity contribution in [1.29, 1.82) is 0 Å². The van der Waals surface area contributed by atoms with Crippen molar-refractivity contribution in [2.45, 2.75) is 45.2 Å². The second-order valence-electron chi connectivity index (χ2n) is 12.0. The molecule has 0 aliphatic carbocycles. The molecule has 0 amide bonds. The summed E-state index contributed by atoms with van der Waals surface area (Å²) in [5.41, 5.74) is 5.26. The van der Waals surface area contributed by atoms with Gasteiger partial charge in [0.15, 0.2) is 5.82 Å². The molecule has 2 aliphatic rings. The van der Waals surface area contributed by atoms with Gasteiger partial charge in [-0.2, -0.15) is 10.2 Å². The minimum atomic E-state index is -0.407. The molecule has 0 radical (unpaired) electrons. The van der Waals surface area contributed by atoms with Gasteiger partial charge in [-0.1, -0.05) is 11.6 Å². The summed E-state index contributed by atoms with van der Waals surface area (Å²) in [6.07, 6.45) is 5.58. The fourth-order valence-electron chi connectivity index (χ4n) is 6.52. The monoisotopic (exact) mass is 560 g/mol. The summed E-state index contributed by atoms with van der Waals surface area (Å²) in [5, 5.41) is 18.4. The van der Waals surface area contributed by atoms with Gasteiger partial charge >= 0.3 is 0 Å². The number of nitrogens with zero attached hydrogens (tertiary/aromatic N) is 6. The Morgan fingerprint density at radius 1 is 1.05 bits per heavy atom. The third kappa shape index (κ3) is 3.67. The number of anilines is 1. The Morgan fingerprint density at radius 3 is 2.52 bits per heavy atom. The van der Waals surface area contributed by atoms with Crippen LogP contribution in [0, 0.1) is 19.7 Å². The maximum Gasteiger partial charge on any atom is 0.158 e. The van der Waals surface area contributed by atoms with Gasteiger partial charge < -0.3 is 15.1 Å². The van der Waals surface area contributed by atoms with Gasteiger partial charge in [0.25, 0.3) is 0 Å². The fourth-order valence-corrected chi connectivity index (χ4v) is 6.80. The Kier molecular flexibility index (Phi) is 5.86. The number of pyridine rings is 1. The van der Waals surface area contributed by atoms with Crippen LogP contribution in [-0.4, -0.2) is 75.7 Å². The van der Waals surface area contributed by atoms with Crippen LogP contribution in [-0.2, 0) is 0 Å². The molecule has 10 heteroatoms. The summed E-state index contributed by atoms with van der Waals surface area (Å²) in [6, 6.07) is 4.16. The van der Waals surface area contributed by atoms with Crippen LogP contribution in [0.3, 0.4) is 0 Å². The number of aromatic amines is 1. The molecule has 2 saturated heterocycles. The molecule has 0 unspecified atom stereocenters.